The maximum atomic E-state index is 12.4. The molecule has 108 valence electrons. The van der Waals surface area contributed by atoms with Gasteiger partial charge in [-0.3, -0.25) is 4.79 Å². The van der Waals surface area contributed by atoms with Gasteiger partial charge in [0.05, 0.1) is 5.92 Å². The molecule has 1 aromatic rings. The Morgan fingerprint density at radius 2 is 2.15 bits per heavy atom. The molecule has 3 unspecified atom stereocenters. The monoisotopic (exact) mass is 273 g/mol. The van der Waals surface area contributed by atoms with Gasteiger partial charge in [-0.05, 0) is 49.9 Å². The second-order valence-corrected chi connectivity index (χ2v) is 6.27. The molecule has 2 heterocycles. The fraction of sp³-hybridized carbons (Fsp3) is 0.562. The Kier molecular flexibility index (Phi) is 3.42. The minimum Gasteiger partial charge on any atom is -0.378 e. The summed E-state index contributed by atoms with van der Waals surface area (Å²) in [6, 6.07) is 7.11. The van der Waals surface area contributed by atoms with Crippen LogP contribution in [-0.4, -0.2) is 32.1 Å². The van der Waals surface area contributed by atoms with E-state index in [2.05, 4.69) is 21.6 Å². The van der Waals surface area contributed by atoms with Gasteiger partial charge in [0, 0.05) is 37.6 Å². The number of carbonyl (C=O) groups is 1. The Balaban J connectivity index is 1.70. The summed E-state index contributed by atoms with van der Waals surface area (Å²) >= 11 is 0. The Labute approximate surface area is 120 Å². The third-order valence-electron chi connectivity index (χ3n) is 4.62. The number of hydrogen-bond acceptors (Lipinski definition) is 3. The molecule has 20 heavy (non-hydrogen) atoms. The molecule has 4 heteroatoms. The van der Waals surface area contributed by atoms with E-state index in [1.807, 2.05) is 33.2 Å². The summed E-state index contributed by atoms with van der Waals surface area (Å²) in [6.45, 7) is 2.04. The molecule has 2 aliphatic rings. The average Bonchev–Trinajstić information content (AvgIpc) is 3.03. The van der Waals surface area contributed by atoms with Crippen molar-refractivity contribution in [3.8, 4) is 0 Å². The third kappa shape index (κ3) is 2.40. The summed E-state index contributed by atoms with van der Waals surface area (Å²) < 4.78 is 0. The van der Waals surface area contributed by atoms with Crippen LogP contribution in [0, 0.1) is 12.8 Å². The summed E-state index contributed by atoms with van der Waals surface area (Å²) in [7, 11) is 4.04. The highest BCUT2D eigenvalue weighted by atomic mass is 16.2. The second-order valence-electron chi connectivity index (χ2n) is 6.27. The van der Waals surface area contributed by atoms with E-state index in [9.17, 15) is 4.79 Å². The maximum Gasteiger partial charge on any atom is 0.229 e. The Hall–Kier alpha value is -1.55. The minimum atomic E-state index is 0.140. The predicted molar refractivity (Wildman–Crippen MR) is 82.2 cm³/mol. The largest absolute Gasteiger partial charge is 0.378 e. The third-order valence-corrected chi connectivity index (χ3v) is 4.62. The molecular formula is C16H23N3O. The van der Waals surface area contributed by atoms with Crippen molar-refractivity contribution in [1.82, 2.24) is 5.32 Å². The lowest BCUT2D eigenvalue weighted by Crippen LogP contribution is -2.33. The van der Waals surface area contributed by atoms with Gasteiger partial charge in [0.25, 0.3) is 0 Å². The molecule has 1 aromatic carbocycles. The van der Waals surface area contributed by atoms with Crippen molar-refractivity contribution in [2.75, 3.05) is 24.3 Å². The van der Waals surface area contributed by atoms with Gasteiger partial charge in [0.15, 0.2) is 0 Å². The zero-order valence-electron chi connectivity index (χ0n) is 12.4. The van der Waals surface area contributed by atoms with Crippen LogP contribution in [0.5, 0.6) is 0 Å². The van der Waals surface area contributed by atoms with Gasteiger partial charge in [0.2, 0.25) is 5.91 Å². The first-order chi connectivity index (χ1) is 9.54. The van der Waals surface area contributed by atoms with E-state index >= 15 is 0 Å². The van der Waals surface area contributed by atoms with Gasteiger partial charge < -0.3 is 15.5 Å². The van der Waals surface area contributed by atoms with Crippen molar-refractivity contribution in [2.24, 2.45) is 5.92 Å². The minimum absolute atomic E-state index is 0.140. The number of hydrogen-bond donors (Lipinski definition) is 2. The molecule has 4 nitrogen and oxygen atoms in total. The molecular weight excluding hydrogens is 250 g/mol. The van der Waals surface area contributed by atoms with E-state index < -0.39 is 0 Å². The predicted octanol–water partition coefficient (Wildman–Crippen LogP) is 2.14. The van der Waals surface area contributed by atoms with Crippen LogP contribution in [0.15, 0.2) is 18.2 Å². The van der Waals surface area contributed by atoms with Gasteiger partial charge in [-0.25, -0.2) is 0 Å². The van der Waals surface area contributed by atoms with Crippen LogP contribution in [0.3, 0.4) is 0 Å². The van der Waals surface area contributed by atoms with E-state index in [1.54, 1.807) is 0 Å². The summed E-state index contributed by atoms with van der Waals surface area (Å²) in [6.07, 6.45) is 3.36. The number of nitrogens with one attached hydrogen (secondary N) is 2. The second kappa shape index (κ2) is 5.09. The fourth-order valence-corrected chi connectivity index (χ4v) is 3.41. The van der Waals surface area contributed by atoms with Gasteiger partial charge in [-0.15, -0.1) is 0 Å². The molecule has 0 saturated carbocycles. The van der Waals surface area contributed by atoms with Crippen molar-refractivity contribution < 1.29 is 4.79 Å². The van der Waals surface area contributed by atoms with E-state index in [1.165, 1.54) is 6.42 Å². The Morgan fingerprint density at radius 3 is 2.70 bits per heavy atom. The molecule has 3 rings (SSSR count). The molecule has 2 fully saturated rings. The molecule has 2 saturated heterocycles. The van der Waals surface area contributed by atoms with Crippen LogP contribution < -0.4 is 15.5 Å². The fourth-order valence-electron chi connectivity index (χ4n) is 3.41. The molecule has 2 aliphatic heterocycles. The number of amides is 1. The molecule has 2 N–H and O–H groups in total. The van der Waals surface area contributed by atoms with Crippen LogP contribution in [0.4, 0.5) is 11.4 Å². The average molecular weight is 273 g/mol. The van der Waals surface area contributed by atoms with Gasteiger partial charge in [0.1, 0.15) is 0 Å². The first-order valence-corrected chi connectivity index (χ1v) is 7.39. The molecule has 0 aromatic heterocycles. The van der Waals surface area contributed by atoms with Crippen molar-refractivity contribution in [3.05, 3.63) is 23.8 Å². The molecule has 3 atom stereocenters. The number of carbonyl (C=O) groups excluding carboxylic acids is 1. The van der Waals surface area contributed by atoms with Crippen LogP contribution in [0.25, 0.3) is 0 Å². The normalized spacial score (nSPS) is 27.6. The first kappa shape index (κ1) is 13.4. The number of aryl methyl sites for hydroxylation is 1. The van der Waals surface area contributed by atoms with Gasteiger partial charge in [-0.1, -0.05) is 0 Å². The standard InChI is InChI=1S/C16H23N3O/c1-10-8-12(19(2)3)5-7-14(10)18-16(20)13-9-11-4-6-15(13)17-11/h5,7-8,11,13,15,17H,4,6,9H2,1-3H3,(H,18,20). The lowest BCUT2D eigenvalue weighted by Gasteiger charge is -2.21. The highest BCUT2D eigenvalue weighted by Crippen LogP contribution is 2.34. The van der Waals surface area contributed by atoms with Gasteiger partial charge >= 0.3 is 0 Å². The zero-order valence-corrected chi connectivity index (χ0v) is 12.4. The highest BCUT2D eigenvalue weighted by molar-refractivity contribution is 5.94. The zero-order chi connectivity index (χ0) is 14.3. The van der Waals surface area contributed by atoms with Crippen molar-refractivity contribution in [2.45, 2.75) is 38.3 Å². The van der Waals surface area contributed by atoms with E-state index in [0.29, 0.717) is 12.1 Å². The van der Waals surface area contributed by atoms with Crippen molar-refractivity contribution in [1.29, 1.82) is 0 Å². The summed E-state index contributed by atoms with van der Waals surface area (Å²) in [5, 5.41) is 6.62. The van der Waals surface area contributed by atoms with Crippen molar-refractivity contribution >= 4 is 17.3 Å². The summed E-state index contributed by atoms with van der Waals surface area (Å²) in [5.74, 6) is 0.312. The topological polar surface area (TPSA) is 44.4 Å². The SMILES string of the molecule is Cc1cc(N(C)C)ccc1NC(=O)C1CC2CCC1N2. The summed E-state index contributed by atoms with van der Waals surface area (Å²) in [4.78, 5) is 14.5. The van der Waals surface area contributed by atoms with Crippen LogP contribution >= 0.6 is 0 Å². The van der Waals surface area contributed by atoms with Crippen LogP contribution in [0.2, 0.25) is 0 Å². The molecule has 2 bridgehead atoms. The molecule has 0 aliphatic carbocycles. The van der Waals surface area contributed by atoms with Gasteiger partial charge in [-0.2, -0.15) is 0 Å². The smallest absolute Gasteiger partial charge is 0.229 e. The van der Waals surface area contributed by atoms with Crippen LogP contribution in [0.1, 0.15) is 24.8 Å². The Bertz CT molecular complexity index is 526. The van der Waals surface area contributed by atoms with E-state index in [0.717, 1.165) is 29.8 Å². The van der Waals surface area contributed by atoms with E-state index in [4.69, 9.17) is 0 Å². The summed E-state index contributed by atoms with van der Waals surface area (Å²) in [5.41, 5.74) is 3.20. The number of anilines is 2. The quantitative estimate of drug-likeness (QED) is 0.887. The van der Waals surface area contributed by atoms with Crippen molar-refractivity contribution in [3.63, 3.8) is 0 Å². The maximum absolute atomic E-state index is 12.4. The molecule has 0 radical (unpaired) electrons. The Morgan fingerprint density at radius 1 is 1.35 bits per heavy atom. The lowest BCUT2D eigenvalue weighted by atomic mass is 9.88. The van der Waals surface area contributed by atoms with E-state index in [-0.39, 0.29) is 11.8 Å². The number of benzene rings is 1. The number of nitrogens with zero attached hydrogens (tertiary/aromatic N) is 1. The number of fused-ring (bicyclic) bond motifs is 2. The highest BCUT2D eigenvalue weighted by Gasteiger charge is 2.42. The molecule has 1 amide bonds. The number of rotatable bonds is 3. The molecule has 0 spiro atoms. The lowest BCUT2D eigenvalue weighted by molar-refractivity contribution is -0.120. The first-order valence-electron chi connectivity index (χ1n) is 7.39. The van der Waals surface area contributed by atoms with Crippen LogP contribution in [-0.2, 0) is 4.79 Å².